The van der Waals surface area contributed by atoms with Crippen LogP contribution in [0.25, 0.3) is 0 Å². The van der Waals surface area contributed by atoms with Gasteiger partial charge in [-0.05, 0) is 0 Å². The molecule has 0 spiro atoms. The van der Waals surface area contributed by atoms with Crippen molar-refractivity contribution in [2.75, 3.05) is 0 Å². The van der Waals surface area contributed by atoms with Crippen molar-refractivity contribution < 1.29 is 0 Å². The lowest BCUT2D eigenvalue weighted by molar-refractivity contribution is 1.32. The van der Waals surface area contributed by atoms with Crippen molar-refractivity contribution >= 4 is 68.9 Å². The van der Waals surface area contributed by atoms with Crippen molar-refractivity contribution in [3.63, 3.8) is 0 Å². The van der Waals surface area contributed by atoms with E-state index in [-0.39, 0.29) is 0 Å². The molecule has 0 bridgehead atoms. The fourth-order valence-electron chi connectivity index (χ4n) is 2.42. The van der Waals surface area contributed by atoms with E-state index in [0.29, 0.717) is 0 Å². The van der Waals surface area contributed by atoms with E-state index in [1.807, 2.05) is 0 Å². The first-order valence-electron chi connectivity index (χ1n) is 5.62. The van der Waals surface area contributed by atoms with Gasteiger partial charge < -0.3 is 0 Å². The van der Waals surface area contributed by atoms with E-state index in [2.05, 4.69) is 47.1 Å². The maximum atomic E-state index is 2.26. The monoisotopic (exact) mass is 178 g/mol. The van der Waals surface area contributed by atoms with Crippen LogP contribution in [-0.2, 0) is 12.6 Å². The summed E-state index contributed by atoms with van der Waals surface area (Å²) in [6, 6.07) is 0. The number of rotatable bonds is 2. The number of hydrogen-bond acceptors (Lipinski definition) is 0. The maximum Gasteiger partial charge on any atom is 0.138 e. The van der Waals surface area contributed by atoms with E-state index in [4.69, 9.17) is 0 Å². The van der Waals surface area contributed by atoms with Crippen LogP contribution >= 0.6 is 0 Å². The third-order valence-corrected chi connectivity index (χ3v) is 3.66. The minimum atomic E-state index is 1.16. The van der Waals surface area contributed by atoms with E-state index in [0.717, 1.165) is 12.6 Å². The van der Waals surface area contributed by atoms with Crippen LogP contribution in [0.1, 0.15) is 11.1 Å². The third kappa shape index (κ3) is 1.71. The molecule has 0 aromatic heterocycles. The Kier molecular flexibility index (Phi) is 3.69. The maximum absolute atomic E-state index is 2.26. The van der Waals surface area contributed by atoms with Gasteiger partial charge in [0.15, 0.2) is 0 Å². The van der Waals surface area contributed by atoms with Crippen molar-refractivity contribution in [1.82, 2.24) is 0 Å². The fourth-order valence-corrected chi connectivity index (χ4v) is 2.42. The van der Waals surface area contributed by atoms with Crippen LogP contribution in [-0.4, -0.2) is 47.1 Å². The third-order valence-electron chi connectivity index (χ3n) is 3.66. The van der Waals surface area contributed by atoms with Gasteiger partial charge in [-0.3, -0.25) is 0 Å². The second-order valence-corrected chi connectivity index (χ2v) is 4.16. The minimum Gasteiger partial charge on any atom is -0.102 e. The quantitative estimate of drug-likeness (QED) is 0.394. The molecule has 6 heteroatoms. The molecule has 66 valence electrons. The van der Waals surface area contributed by atoms with Gasteiger partial charge in [0, 0.05) is 0 Å². The zero-order chi connectivity index (χ0) is 10.9. The highest BCUT2D eigenvalue weighted by Crippen LogP contribution is 2.00. The normalized spacial score (nSPS) is 10.3. The average molecular weight is 177 g/mol. The van der Waals surface area contributed by atoms with Crippen molar-refractivity contribution in [1.29, 1.82) is 0 Å². The Hall–Kier alpha value is -0.390. The van der Waals surface area contributed by atoms with Crippen LogP contribution in [0.4, 0.5) is 0 Å². The minimum absolute atomic E-state index is 1.16. The molecule has 0 aliphatic heterocycles. The Labute approximate surface area is 93.1 Å². The van der Waals surface area contributed by atoms with Crippen molar-refractivity contribution in [3.05, 3.63) is 11.1 Å². The predicted octanol–water partition coefficient (Wildman–Crippen LogP) is -7.01. The molecule has 0 aliphatic carbocycles. The largest absolute Gasteiger partial charge is 0.138 e. The number of hydrogen-bond donors (Lipinski definition) is 0. The second kappa shape index (κ2) is 4.42. The van der Waals surface area contributed by atoms with Crippen LogP contribution in [0.15, 0.2) is 0 Å². The van der Waals surface area contributed by atoms with Gasteiger partial charge in [0.2, 0.25) is 0 Å². The Morgan fingerprint density at radius 2 is 0.857 bits per heavy atom. The van der Waals surface area contributed by atoms with E-state index >= 15 is 0 Å². The summed E-state index contributed by atoms with van der Waals surface area (Å²) in [4.78, 5) is 0. The smallest absolute Gasteiger partial charge is 0.102 e. The molecule has 1 aromatic carbocycles. The molecule has 0 fully saturated rings. The SMILES string of the molecule is BCc1c(B)c(B)c(B)c(B)c1CB. The molecule has 0 amide bonds. The van der Waals surface area contributed by atoms with Gasteiger partial charge in [0.25, 0.3) is 0 Å². The Bertz CT molecular complexity index is 325. The summed E-state index contributed by atoms with van der Waals surface area (Å²) in [6.07, 6.45) is 2.33. The van der Waals surface area contributed by atoms with E-state index in [1.165, 1.54) is 21.9 Å². The van der Waals surface area contributed by atoms with Gasteiger partial charge in [0.05, 0.1) is 0 Å². The molecule has 0 atom stereocenters. The molecular formula is C8H16B6. The molecule has 0 saturated carbocycles. The molecule has 0 N–H and O–H groups in total. The number of benzene rings is 1. The Morgan fingerprint density at radius 1 is 0.571 bits per heavy atom. The zero-order valence-electron chi connectivity index (χ0n) is 10.4. The molecule has 1 aromatic rings. The molecule has 0 radical (unpaired) electrons. The molecule has 0 aliphatic rings. The first-order valence-corrected chi connectivity index (χ1v) is 5.62. The van der Waals surface area contributed by atoms with Gasteiger partial charge in [-0.15, -0.1) is 10.9 Å². The average Bonchev–Trinajstić information content (AvgIpc) is 2.20. The lowest BCUT2D eigenvalue weighted by Crippen LogP contribution is -2.51. The van der Waals surface area contributed by atoms with Crippen molar-refractivity contribution in [2.45, 2.75) is 12.6 Å². The van der Waals surface area contributed by atoms with Gasteiger partial charge in [0.1, 0.15) is 47.1 Å². The van der Waals surface area contributed by atoms with Gasteiger partial charge in [-0.2, -0.15) is 0 Å². The highest BCUT2D eigenvalue weighted by atomic mass is 14.1. The zero-order valence-corrected chi connectivity index (χ0v) is 10.4. The second-order valence-electron chi connectivity index (χ2n) is 4.16. The van der Waals surface area contributed by atoms with Crippen LogP contribution in [0.5, 0.6) is 0 Å². The van der Waals surface area contributed by atoms with Gasteiger partial charge >= 0.3 is 0 Å². The lowest BCUT2D eigenvalue weighted by atomic mass is 9.61. The summed E-state index contributed by atoms with van der Waals surface area (Å²) in [5.74, 6) is 0. The molecule has 14 heavy (non-hydrogen) atoms. The van der Waals surface area contributed by atoms with E-state index in [1.54, 1.807) is 11.1 Å². The first kappa shape index (κ1) is 11.7. The molecule has 0 heterocycles. The summed E-state index contributed by atoms with van der Waals surface area (Å²) in [5, 5.41) is 0. The summed E-state index contributed by atoms with van der Waals surface area (Å²) in [6.45, 7) is 0. The topological polar surface area (TPSA) is 0 Å². The summed E-state index contributed by atoms with van der Waals surface area (Å²) in [5.41, 5.74) is 9.13. The van der Waals surface area contributed by atoms with Gasteiger partial charge in [-0.25, -0.2) is 0 Å². The highest BCUT2D eigenvalue weighted by Gasteiger charge is 2.10. The molecule has 0 saturated heterocycles. The Morgan fingerprint density at radius 3 is 1.07 bits per heavy atom. The predicted molar refractivity (Wildman–Crippen MR) is 83.6 cm³/mol. The van der Waals surface area contributed by atoms with Crippen LogP contribution in [0, 0.1) is 0 Å². The van der Waals surface area contributed by atoms with Crippen LogP contribution in [0.2, 0.25) is 0 Å². The fraction of sp³-hybridized carbons (Fsp3) is 0.250. The van der Waals surface area contributed by atoms with Crippen LogP contribution in [0.3, 0.4) is 0 Å². The van der Waals surface area contributed by atoms with Crippen molar-refractivity contribution in [3.8, 4) is 0 Å². The summed E-state index contributed by atoms with van der Waals surface area (Å²) in [7, 11) is 13.5. The standard InChI is InChI=1S/C8H16B6/c9-1-3-4(2-10)6(12)8(14)7(13)5(3)11/h1-2,9-14H2. The highest BCUT2D eigenvalue weighted by molar-refractivity contribution is 6.63. The first-order chi connectivity index (χ1) is 6.54. The molecular weight excluding hydrogens is 161 g/mol. The lowest BCUT2D eigenvalue weighted by Gasteiger charge is -2.20. The van der Waals surface area contributed by atoms with E-state index < -0.39 is 0 Å². The summed E-state index contributed by atoms with van der Waals surface area (Å²) < 4.78 is 0. The van der Waals surface area contributed by atoms with Gasteiger partial charge in [-0.1, -0.05) is 34.7 Å². The molecule has 1 rings (SSSR count). The Balaban J connectivity index is 3.57. The van der Waals surface area contributed by atoms with Crippen molar-refractivity contribution in [2.24, 2.45) is 0 Å². The summed E-state index contributed by atoms with van der Waals surface area (Å²) >= 11 is 0. The molecule has 0 unspecified atom stereocenters. The molecule has 0 nitrogen and oxygen atoms in total. The van der Waals surface area contributed by atoms with E-state index in [9.17, 15) is 0 Å². The van der Waals surface area contributed by atoms with Crippen LogP contribution < -0.4 is 21.9 Å².